The molecule has 1 spiro atoms. The van der Waals surface area contributed by atoms with Crippen molar-refractivity contribution in [2.24, 2.45) is 0 Å². The quantitative estimate of drug-likeness (QED) is 0.323. The molecule has 1 heterocycles. The van der Waals surface area contributed by atoms with Crippen molar-refractivity contribution < 1.29 is 44.8 Å². The number of halogens is 3. The van der Waals surface area contributed by atoms with Gasteiger partial charge in [-0.2, -0.15) is 21.6 Å². The van der Waals surface area contributed by atoms with E-state index in [1.807, 2.05) is 0 Å². The first-order valence-corrected chi connectivity index (χ1v) is 7.65. The van der Waals surface area contributed by atoms with Gasteiger partial charge in [-0.15, -0.1) is 0 Å². The molecule has 0 bridgehead atoms. The van der Waals surface area contributed by atoms with Gasteiger partial charge in [0, 0.05) is 6.42 Å². The Hall–Kier alpha value is -1.33. The summed E-state index contributed by atoms with van der Waals surface area (Å²) in [7, 11) is -4.82. The summed E-state index contributed by atoms with van der Waals surface area (Å²) in [5.41, 5.74) is -5.89. The number of ether oxygens (including phenoxy) is 3. The van der Waals surface area contributed by atoms with Gasteiger partial charge in [-0.05, 0) is 0 Å². The standard InChI is InChI=1S/C11H13F3O7S/c1-18-9(15)7-6-10(19-4-5-20-10)3-2-8(7)21-22(16,17)11(12,13)14/h2-6H2,1H3/p+1. The number of hydrogen-bond donors (Lipinski definition) is 0. The molecule has 1 unspecified atom stereocenters. The maximum atomic E-state index is 12.4. The van der Waals surface area contributed by atoms with E-state index in [0.29, 0.717) is 13.2 Å². The lowest BCUT2D eigenvalue weighted by Gasteiger charge is -2.29. The molecule has 1 fully saturated rings. The minimum absolute atomic E-state index is 0.121. The molecule has 0 radical (unpaired) electrons. The van der Waals surface area contributed by atoms with Crippen LogP contribution in [-0.4, -0.2) is 50.7 Å². The third kappa shape index (κ3) is 3.20. The first-order chi connectivity index (χ1) is 10.1. The van der Waals surface area contributed by atoms with E-state index in [-0.39, 0.29) is 24.8 Å². The number of rotatable bonds is 3. The lowest BCUT2D eigenvalue weighted by Crippen LogP contribution is -2.39. The smallest absolute Gasteiger partial charge is 0.466 e. The molecule has 1 aliphatic heterocycles. The topological polar surface area (TPSA) is 91.7 Å². The number of hydrogen-bond acceptors (Lipinski definition) is 6. The predicted octanol–water partition coefficient (Wildman–Crippen LogP) is 0.718. The average Bonchev–Trinajstić information content (AvgIpc) is 2.87. The summed E-state index contributed by atoms with van der Waals surface area (Å²) >= 11 is 0. The van der Waals surface area contributed by atoms with Crippen molar-refractivity contribution in [2.75, 3.05) is 20.3 Å². The summed E-state index contributed by atoms with van der Waals surface area (Å²) in [5.74, 6) is -2.59. The van der Waals surface area contributed by atoms with E-state index in [0.717, 1.165) is 7.11 Å². The molecular formula is C11H14F3O7S+. The van der Waals surface area contributed by atoms with Crippen LogP contribution in [0, 0.1) is 0 Å². The Morgan fingerprint density at radius 2 is 2.09 bits per heavy atom. The fourth-order valence-corrected chi connectivity index (χ4v) is 2.84. The van der Waals surface area contributed by atoms with Crippen molar-refractivity contribution in [3.05, 3.63) is 11.3 Å². The Balaban J connectivity index is 2.33. The van der Waals surface area contributed by atoms with Gasteiger partial charge in [-0.1, -0.05) is 0 Å². The molecular weight excluding hydrogens is 333 g/mol. The van der Waals surface area contributed by atoms with E-state index in [9.17, 15) is 26.4 Å². The number of esters is 1. The highest BCUT2D eigenvalue weighted by atomic mass is 32.2. The normalized spacial score (nSPS) is 26.4. The van der Waals surface area contributed by atoms with Gasteiger partial charge in [0.15, 0.2) is 6.61 Å². The van der Waals surface area contributed by atoms with Gasteiger partial charge in [0.05, 0.1) is 25.5 Å². The molecule has 11 heteroatoms. The van der Waals surface area contributed by atoms with E-state index in [1.54, 1.807) is 0 Å². The molecule has 1 aliphatic carbocycles. The summed E-state index contributed by atoms with van der Waals surface area (Å²) < 4.78 is 77.6. The molecule has 0 saturated carbocycles. The molecule has 7 nitrogen and oxygen atoms in total. The van der Waals surface area contributed by atoms with Crippen LogP contribution in [0.25, 0.3) is 0 Å². The summed E-state index contributed by atoms with van der Waals surface area (Å²) in [6.45, 7) is 0.719. The highest BCUT2D eigenvalue weighted by Crippen LogP contribution is 2.40. The second-order valence-corrected chi connectivity index (χ2v) is 6.27. The number of aliphatic hydroxyl groups is 2. The van der Waals surface area contributed by atoms with Gasteiger partial charge in [0.2, 0.25) is 0 Å². The molecule has 2 aliphatic rings. The molecule has 0 aromatic heterocycles. The molecule has 126 valence electrons. The van der Waals surface area contributed by atoms with Gasteiger partial charge in [0.1, 0.15) is 12.4 Å². The van der Waals surface area contributed by atoms with Crippen LogP contribution in [0.1, 0.15) is 19.3 Å². The Morgan fingerprint density at radius 1 is 1.41 bits per heavy atom. The van der Waals surface area contributed by atoms with Crippen molar-refractivity contribution in [2.45, 2.75) is 30.6 Å². The molecule has 2 rings (SSSR count). The van der Waals surface area contributed by atoms with Crippen LogP contribution in [0.2, 0.25) is 0 Å². The van der Waals surface area contributed by atoms with Gasteiger partial charge in [-0.25, -0.2) is 4.79 Å². The molecule has 1 N–H and O–H groups in total. The third-order valence-electron chi connectivity index (χ3n) is 3.32. The van der Waals surface area contributed by atoms with Crippen molar-refractivity contribution in [3.63, 3.8) is 0 Å². The van der Waals surface area contributed by atoms with Crippen LogP contribution in [0.15, 0.2) is 11.3 Å². The van der Waals surface area contributed by atoms with Crippen molar-refractivity contribution >= 4 is 16.1 Å². The maximum Gasteiger partial charge on any atom is 0.534 e. The van der Waals surface area contributed by atoms with Crippen LogP contribution >= 0.6 is 0 Å². The zero-order valence-corrected chi connectivity index (χ0v) is 12.3. The van der Waals surface area contributed by atoms with Crippen LogP contribution in [0.5, 0.6) is 0 Å². The molecule has 0 aromatic carbocycles. The Morgan fingerprint density at radius 3 is 2.59 bits per heavy atom. The van der Waals surface area contributed by atoms with Crippen molar-refractivity contribution in [3.8, 4) is 0 Å². The van der Waals surface area contributed by atoms with Gasteiger partial charge in [0.25, 0.3) is 5.79 Å². The number of carbonyl (C=O) groups is 1. The average molecular weight is 347 g/mol. The zero-order chi connectivity index (χ0) is 16.6. The summed E-state index contributed by atoms with van der Waals surface area (Å²) in [6, 6.07) is 0. The monoisotopic (exact) mass is 347 g/mol. The maximum absolute atomic E-state index is 12.4. The molecule has 1 saturated heterocycles. The number of carbonyl (C=O) groups excluding carboxylic acids is 1. The van der Waals surface area contributed by atoms with E-state index in [1.165, 1.54) is 0 Å². The van der Waals surface area contributed by atoms with Crippen LogP contribution in [0.4, 0.5) is 13.2 Å². The van der Waals surface area contributed by atoms with E-state index in [4.69, 9.17) is 4.74 Å². The number of alkyl halides is 3. The van der Waals surface area contributed by atoms with Gasteiger partial charge in [-0.3, -0.25) is 0 Å². The lowest BCUT2D eigenvalue weighted by molar-refractivity contribution is -0.254. The highest BCUT2D eigenvalue weighted by molar-refractivity contribution is 7.87. The third-order valence-corrected chi connectivity index (χ3v) is 4.31. The first kappa shape index (κ1) is 17.0. The van der Waals surface area contributed by atoms with E-state index < -0.39 is 33.1 Å². The number of allylic oxidation sites excluding steroid dienone is 1. The van der Waals surface area contributed by atoms with Crippen LogP contribution in [-0.2, 0) is 28.6 Å². The molecule has 1 atom stereocenters. The molecule has 0 amide bonds. The van der Waals surface area contributed by atoms with E-state index in [2.05, 4.69) is 13.7 Å². The fourth-order valence-electron chi connectivity index (χ4n) is 2.29. The predicted molar refractivity (Wildman–Crippen MR) is 64.7 cm³/mol. The zero-order valence-electron chi connectivity index (χ0n) is 11.5. The van der Waals surface area contributed by atoms with Gasteiger partial charge < -0.3 is 18.4 Å². The summed E-state index contributed by atoms with van der Waals surface area (Å²) in [6.07, 6.45) is -0.304. The Bertz CT molecular complexity index is 587. The minimum atomic E-state index is -5.84. The van der Waals surface area contributed by atoms with Gasteiger partial charge >= 0.3 is 21.6 Å². The van der Waals surface area contributed by atoms with Crippen molar-refractivity contribution in [1.29, 1.82) is 0 Å². The summed E-state index contributed by atoms with van der Waals surface area (Å²) in [4.78, 5) is 11.7. The van der Waals surface area contributed by atoms with Crippen molar-refractivity contribution in [1.82, 2.24) is 0 Å². The SMILES string of the molecule is COC(=O)C1=C(OS(=O)(=O)C(F)(F)F)CCC2(C1)OCC[OH+]2. The first-order valence-electron chi connectivity index (χ1n) is 6.24. The summed E-state index contributed by atoms with van der Waals surface area (Å²) in [5, 5.41) is 0. The molecule has 0 aromatic rings. The highest BCUT2D eigenvalue weighted by Gasteiger charge is 2.52. The second-order valence-electron chi connectivity index (χ2n) is 4.73. The second kappa shape index (κ2) is 5.70. The largest absolute Gasteiger partial charge is 0.534 e. The Kier molecular flexibility index (Phi) is 4.42. The minimum Gasteiger partial charge on any atom is -0.466 e. The number of methoxy groups -OCH3 is 1. The van der Waals surface area contributed by atoms with Crippen LogP contribution in [0.3, 0.4) is 0 Å². The van der Waals surface area contributed by atoms with E-state index >= 15 is 0 Å². The Labute approximate surface area is 124 Å². The fraction of sp³-hybridized carbons (Fsp3) is 0.727. The molecule has 22 heavy (non-hydrogen) atoms. The lowest BCUT2D eigenvalue weighted by atomic mass is 9.92. The van der Waals surface area contributed by atoms with Crippen LogP contribution < -0.4 is 0 Å².